The average molecular weight is 402 g/mol. The van der Waals surface area contributed by atoms with Crippen LogP contribution in [-0.2, 0) is 0 Å². The summed E-state index contributed by atoms with van der Waals surface area (Å²) in [6, 6.07) is 12.5. The van der Waals surface area contributed by atoms with Crippen molar-refractivity contribution in [3.8, 4) is 5.69 Å². The van der Waals surface area contributed by atoms with Crippen LogP contribution >= 0.6 is 0 Å². The van der Waals surface area contributed by atoms with Gasteiger partial charge < -0.3 is 20.6 Å². The van der Waals surface area contributed by atoms with Gasteiger partial charge in [-0.2, -0.15) is 0 Å². The van der Waals surface area contributed by atoms with Gasteiger partial charge in [-0.3, -0.25) is 14.4 Å². The van der Waals surface area contributed by atoms with Crippen LogP contribution in [0.25, 0.3) is 27.5 Å². The summed E-state index contributed by atoms with van der Waals surface area (Å²) in [6.07, 6.45) is 3.21. The van der Waals surface area contributed by atoms with Crippen molar-refractivity contribution >= 4 is 33.6 Å². The van der Waals surface area contributed by atoms with Crippen molar-refractivity contribution in [3.05, 3.63) is 76.2 Å². The van der Waals surface area contributed by atoms with Gasteiger partial charge in [-0.15, -0.1) is 0 Å². The minimum Gasteiger partial charge on any atom is -0.365 e. The average Bonchev–Trinajstić information content (AvgIpc) is 3.19. The number of pyridine rings is 1. The van der Waals surface area contributed by atoms with Crippen LogP contribution in [0.4, 0.5) is 0 Å². The standard InChI is InChI=1S/C23H22N4O3/c1-13(2)11-26-23(30)16-9-14-7-8-25-18(14)10-20(16)27-12-17(22(24)29)21(28)15-5-3-4-6-19(15)27/h3-10,12-13,25H,11H2,1-2H3,(H2,24,29)(H,26,30). The SMILES string of the molecule is CC(C)CNC(=O)c1cc2cc[nH]c2cc1-n1cc(C(N)=O)c(=O)c2ccccc21. The summed E-state index contributed by atoms with van der Waals surface area (Å²) in [5.41, 5.74) is 7.30. The van der Waals surface area contributed by atoms with E-state index in [-0.39, 0.29) is 11.5 Å². The molecule has 0 aliphatic heterocycles. The Hall–Kier alpha value is -3.87. The number of hydrogen-bond donors (Lipinski definition) is 3. The van der Waals surface area contributed by atoms with Crippen LogP contribution in [0.2, 0.25) is 0 Å². The van der Waals surface area contributed by atoms with Gasteiger partial charge in [0.25, 0.3) is 11.8 Å². The van der Waals surface area contributed by atoms with Crippen molar-refractivity contribution in [2.45, 2.75) is 13.8 Å². The molecule has 0 fully saturated rings. The third kappa shape index (κ3) is 3.34. The van der Waals surface area contributed by atoms with Crippen LogP contribution in [0.15, 0.2) is 59.7 Å². The van der Waals surface area contributed by atoms with Gasteiger partial charge in [0.2, 0.25) is 5.43 Å². The number of para-hydroxylation sites is 1. The number of benzene rings is 2. The quantitative estimate of drug-likeness (QED) is 0.477. The molecule has 7 heteroatoms. The molecular formula is C23H22N4O3. The van der Waals surface area contributed by atoms with Crippen molar-refractivity contribution < 1.29 is 9.59 Å². The van der Waals surface area contributed by atoms with Crippen molar-refractivity contribution in [3.63, 3.8) is 0 Å². The lowest BCUT2D eigenvalue weighted by Gasteiger charge is -2.17. The summed E-state index contributed by atoms with van der Waals surface area (Å²) in [6.45, 7) is 4.57. The number of nitrogens with one attached hydrogen (secondary N) is 2. The molecule has 4 rings (SSSR count). The lowest BCUT2D eigenvalue weighted by Crippen LogP contribution is -2.29. The number of primary amides is 1. The predicted octanol–water partition coefficient (Wildman–Crippen LogP) is 2.96. The minimum atomic E-state index is -0.814. The van der Waals surface area contributed by atoms with Crippen LogP contribution < -0.4 is 16.5 Å². The monoisotopic (exact) mass is 402 g/mol. The first-order valence-electron chi connectivity index (χ1n) is 9.70. The summed E-state index contributed by atoms with van der Waals surface area (Å²) in [4.78, 5) is 40.8. The number of fused-ring (bicyclic) bond motifs is 2. The molecule has 0 saturated heterocycles. The molecule has 4 aromatic rings. The van der Waals surface area contributed by atoms with E-state index in [0.29, 0.717) is 34.6 Å². The summed E-state index contributed by atoms with van der Waals surface area (Å²) in [7, 11) is 0. The second kappa shape index (κ2) is 7.51. The highest BCUT2D eigenvalue weighted by molar-refractivity contribution is 6.03. The van der Waals surface area contributed by atoms with Crippen LogP contribution in [0.3, 0.4) is 0 Å². The third-order valence-electron chi connectivity index (χ3n) is 5.02. The maximum absolute atomic E-state index is 13.0. The Morgan fingerprint density at radius 2 is 1.90 bits per heavy atom. The molecule has 0 saturated carbocycles. The van der Waals surface area contributed by atoms with E-state index >= 15 is 0 Å². The van der Waals surface area contributed by atoms with Gasteiger partial charge in [0.1, 0.15) is 5.56 Å². The van der Waals surface area contributed by atoms with Crippen LogP contribution in [0, 0.1) is 5.92 Å². The highest BCUT2D eigenvalue weighted by Gasteiger charge is 2.19. The van der Waals surface area contributed by atoms with E-state index < -0.39 is 11.3 Å². The number of aromatic nitrogens is 2. The van der Waals surface area contributed by atoms with Crippen LogP contribution in [0.5, 0.6) is 0 Å². The first-order valence-corrected chi connectivity index (χ1v) is 9.70. The topological polar surface area (TPSA) is 110 Å². The number of nitrogens with two attached hydrogens (primary N) is 1. The molecule has 0 unspecified atom stereocenters. The summed E-state index contributed by atoms with van der Waals surface area (Å²) in [5.74, 6) is -0.750. The minimum absolute atomic E-state index is 0.131. The summed E-state index contributed by atoms with van der Waals surface area (Å²) < 4.78 is 1.68. The van der Waals surface area contributed by atoms with Gasteiger partial charge in [0.05, 0.1) is 16.8 Å². The highest BCUT2D eigenvalue weighted by Crippen LogP contribution is 2.26. The Morgan fingerprint density at radius 3 is 2.63 bits per heavy atom. The number of nitrogens with zero attached hydrogens (tertiary/aromatic N) is 1. The van der Waals surface area contributed by atoms with Crippen molar-refractivity contribution in [2.75, 3.05) is 6.54 Å². The zero-order valence-electron chi connectivity index (χ0n) is 16.7. The molecule has 30 heavy (non-hydrogen) atoms. The second-order valence-electron chi connectivity index (χ2n) is 7.66. The highest BCUT2D eigenvalue weighted by atomic mass is 16.2. The van der Waals surface area contributed by atoms with Crippen molar-refractivity contribution in [1.29, 1.82) is 0 Å². The largest absolute Gasteiger partial charge is 0.365 e. The molecule has 2 aromatic carbocycles. The van der Waals surface area contributed by atoms with Crippen molar-refractivity contribution in [1.82, 2.24) is 14.9 Å². The van der Waals surface area contributed by atoms with E-state index in [9.17, 15) is 14.4 Å². The molecule has 0 bridgehead atoms. The van der Waals surface area contributed by atoms with E-state index in [1.54, 1.807) is 41.1 Å². The molecule has 4 N–H and O–H groups in total. The van der Waals surface area contributed by atoms with E-state index in [4.69, 9.17) is 5.73 Å². The van der Waals surface area contributed by atoms with E-state index in [1.807, 2.05) is 26.0 Å². The predicted molar refractivity (Wildman–Crippen MR) is 117 cm³/mol. The van der Waals surface area contributed by atoms with E-state index in [1.165, 1.54) is 6.20 Å². The maximum Gasteiger partial charge on any atom is 0.254 e. The number of carbonyl (C=O) groups is 2. The summed E-state index contributed by atoms with van der Waals surface area (Å²) >= 11 is 0. The smallest absolute Gasteiger partial charge is 0.254 e. The first kappa shape index (κ1) is 19.4. The molecule has 0 atom stereocenters. The fraction of sp³-hybridized carbons (Fsp3) is 0.174. The molecule has 0 aliphatic rings. The zero-order valence-corrected chi connectivity index (χ0v) is 16.7. The first-order chi connectivity index (χ1) is 14.4. The number of hydrogen-bond acceptors (Lipinski definition) is 3. The Kier molecular flexibility index (Phi) is 4.87. The van der Waals surface area contributed by atoms with Gasteiger partial charge in [-0.1, -0.05) is 26.0 Å². The fourth-order valence-corrected chi connectivity index (χ4v) is 3.52. The fourth-order valence-electron chi connectivity index (χ4n) is 3.52. The summed E-state index contributed by atoms with van der Waals surface area (Å²) in [5, 5.41) is 4.19. The Labute approximate surface area is 172 Å². The van der Waals surface area contributed by atoms with Gasteiger partial charge in [-0.25, -0.2) is 0 Å². The molecule has 0 spiro atoms. The molecule has 2 amide bonds. The lowest BCUT2D eigenvalue weighted by molar-refractivity contribution is 0.0948. The van der Waals surface area contributed by atoms with Crippen LogP contribution in [-0.4, -0.2) is 27.9 Å². The van der Waals surface area contributed by atoms with Gasteiger partial charge in [0.15, 0.2) is 0 Å². The molecule has 2 heterocycles. The molecule has 2 aromatic heterocycles. The zero-order chi connectivity index (χ0) is 21.4. The molecule has 7 nitrogen and oxygen atoms in total. The van der Waals surface area contributed by atoms with Gasteiger partial charge in [0, 0.05) is 35.2 Å². The Bertz CT molecular complexity index is 1350. The molecular weight excluding hydrogens is 380 g/mol. The number of carbonyl (C=O) groups excluding carboxylic acids is 2. The van der Waals surface area contributed by atoms with E-state index in [2.05, 4.69) is 10.3 Å². The van der Waals surface area contributed by atoms with Gasteiger partial charge >= 0.3 is 0 Å². The maximum atomic E-state index is 13.0. The molecule has 0 radical (unpaired) electrons. The molecule has 0 aliphatic carbocycles. The Balaban J connectivity index is 2.03. The van der Waals surface area contributed by atoms with Crippen LogP contribution in [0.1, 0.15) is 34.6 Å². The normalized spacial score (nSPS) is 11.3. The second-order valence-corrected chi connectivity index (χ2v) is 7.66. The number of aromatic amines is 1. The lowest BCUT2D eigenvalue weighted by atomic mass is 10.1. The van der Waals surface area contributed by atoms with E-state index in [0.717, 1.165) is 10.9 Å². The third-order valence-corrected chi connectivity index (χ3v) is 5.02. The number of rotatable bonds is 5. The number of H-pyrrole nitrogens is 1. The Morgan fingerprint density at radius 1 is 1.13 bits per heavy atom. The molecule has 152 valence electrons. The van der Waals surface area contributed by atoms with Crippen molar-refractivity contribution in [2.24, 2.45) is 11.7 Å². The number of amides is 2. The van der Waals surface area contributed by atoms with Gasteiger partial charge in [-0.05, 0) is 36.2 Å².